The van der Waals surface area contributed by atoms with Gasteiger partial charge in [0.05, 0.1) is 4.88 Å². The van der Waals surface area contributed by atoms with Crippen LogP contribution < -0.4 is 0 Å². The number of carbonyl (C=O) groups is 2. The largest absolute Gasteiger partial charge is 0.294 e. The average molecular weight is 323 g/mol. The van der Waals surface area contributed by atoms with Gasteiger partial charge in [0.1, 0.15) is 0 Å². The second-order valence-corrected chi connectivity index (χ2v) is 5.69. The van der Waals surface area contributed by atoms with Gasteiger partial charge in [-0.2, -0.15) is 0 Å². The lowest BCUT2D eigenvalue weighted by Gasteiger charge is -2.00. The molecule has 0 bridgehead atoms. The van der Waals surface area contributed by atoms with Crippen LogP contribution in [-0.4, -0.2) is 11.6 Å². The molecule has 0 fully saturated rings. The topological polar surface area (TPSA) is 34.1 Å². The average Bonchev–Trinajstić information content (AvgIpc) is 2.90. The molecule has 0 aliphatic heterocycles. The van der Waals surface area contributed by atoms with Crippen molar-refractivity contribution in [2.24, 2.45) is 0 Å². The zero-order valence-electron chi connectivity index (χ0n) is 9.56. The Morgan fingerprint density at radius 1 is 1.00 bits per heavy atom. The number of Topliss-reactive ketones (excluding diaryl/α,β-unsaturated/α-hetero) is 2. The van der Waals surface area contributed by atoms with E-state index in [1.165, 1.54) is 11.3 Å². The maximum atomic E-state index is 11.9. The van der Waals surface area contributed by atoms with Crippen LogP contribution in [0.5, 0.6) is 0 Å². The van der Waals surface area contributed by atoms with E-state index < -0.39 is 0 Å². The molecule has 1 heterocycles. The Labute approximate surface area is 118 Å². The van der Waals surface area contributed by atoms with E-state index in [0.29, 0.717) is 5.56 Å². The highest BCUT2D eigenvalue weighted by molar-refractivity contribution is 9.10. The van der Waals surface area contributed by atoms with E-state index in [1.54, 1.807) is 18.2 Å². The Kier molecular flexibility index (Phi) is 4.44. The Bertz CT molecular complexity index is 544. The minimum Gasteiger partial charge on any atom is -0.294 e. The Balaban J connectivity index is 1.92. The van der Waals surface area contributed by atoms with Crippen molar-refractivity contribution >= 4 is 38.8 Å². The lowest BCUT2D eigenvalue weighted by Crippen LogP contribution is -2.03. The number of halogens is 1. The molecule has 0 spiro atoms. The molecule has 0 unspecified atom stereocenters. The molecule has 0 aliphatic carbocycles. The maximum Gasteiger partial charge on any atom is 0.173 e. The number of carbonyl (C=O) groups excluding carboxylic acids is 2. The number of benzene rings is 1. The molecule has 18 heavy (non-hydrogen) atoms. The van der Waals surface area contributed by atoms with Crippen molar-refractivity contribution < 1.29 is 9.59 Å². The number of thiophene rings is 1. The molecule has 0 saturated heterocycles. The van der Waals surface area contributed by atoms with Crippen molar-refractivity contribution in [1.82, 2.24) is 0 Å². The molecule has 1 aromatic heterocycles. The fourth-order valence-corrected chi connectivity index (χ4v) is 2.53. The molecular formula is C14H11BrO2S. The summed E-state index contributed by atoms with van der Waals surface area (Å²) in [7, 11) is 0. The molecular weight excluding hydrogens is 312 g/mol. The van der Waals surface area contributed by atoms with E-state index in [0.717, 1.165) is 9.35 Å². The van der Waals surface area contributed by atoms with Crippen molar-refractivity contribution in [3.63, 3.8) is 0 Å². The summed E-state index contributed by atoms with van der Waals surface area (Å²) >= 11 is 4.73. The summed E-state index contributed by atoms with van der Waals surface area (Å²) in [5.74, 6) is 0.0443. The first-order valence-corrected chi connectivity index (χ1v) is 7.19. The van der Waals surface area contributed by atoms with Crippen molar-refractivity contribution in [2.75, 3.05) is 0 Å². The van der Waals surface area contributed by atoms with E-state index in [-0.39, 0.29) is 24.4 Å². The molecule has 0 saturated carbocycles. The predicted octanol–water partition coefficient (Wildman–Crippen LogP) is 4.36. The summed E-state index contributed by atoms with van der Waals surface area (Å²) in [5, 5.41) is 1.86. The fourth-order valence-electron chi connectivity index (χ4n) is 1.57. The van der Waals surface area contributed by atoms with Gasteiger partial charge >= 0.3 is 0 Å². The molecule has 0 radical (unpaired) electrons. The van der Waals surface area contributed by atoms with Gasteiger partial charge in [0.25, 0.3) is 0 Å². The maximum absolute atomic E-state index is 11.9. The predicted molar refractivity (Wildman–Crippen MR) is 76.4 cm³/mol. The van der Waals surface area contributed by atoms with Crippen LogP contribution in [0.15, 0.2) is 46.3 Å². The molecule has 0 aliphatic rings. The van der Waals surface area contributed by atoms with Crippen LogP contribution in [-0.2, 0) is 0 Å². The lowest BCUT2D eigenvalue weighted by molar-refractivity contribution is 0.0919. The first-order valence-electron chi connectivity index (χ1n) is 5.52. The molecule has 2 rings (SSSR count). The van der Waals surface area contributed by atoms with Crippen molar-refractivity contribution in [3.8, 4) is 0 Å². The SMILES string of the molecule is O=C(CCC(=O)c1cccs1)c1ccc(Br)cc1. The van der Waals surface area contributed by atoms with Crippen LogP contribution >= 0.6 is 27.3 Å². The van der Waals surface area contributed by atoms with Gasteiger partial charge in [-0.1, -0.05) is 34.1 Å². The smallest absolute Gasteiger partial charge is 0.173 e. The van der Waals surface area contributed by atoms with Gasteiger partial charge in [-0.25, -0.2) is 0 Å². The Hall–Kier alpha value is -1.26. The first-order chi connectivity index (χ1) is 8.66. The second-order valence-electron chi connectivity index (χ2n) is 3.83. The standard InChI is InChI=1S/C14H11BrO2S/c15-11-5-3-10(4-6-11)12(16)7-8-13(17)14-2-1-9-18-14/h1-6,9H,7-8H2. The molecule has 2 aromatic rings. The van der Waals surface area contributed by atoms with Gasteiger partial charge in [-0.3, -0.25) is 9.59 Å². The summed E-state index contributed by atoms with van der Waals surface area (Å²) in [6.07, 6.45) is 0.535. The monoisotopic (exact) mass is 322 g/mol. The van der Waals surface area contributed by atoms with Gasteiger partial charge in [0.15, 0.2) is 11.6 Å². The van der Waals surface area contributed by atoms with Gasteiger partial charge < -0.3 is 0 Å². The fraction of sp³-hybridized carbons (Fsp3) is 0.143. The summed E-state index contributed by atoms with van der Waals surface area (Å²) in [4.78, 5) is 24.3. The molecule has 92 valence electrons. The lowest BCUT2D eigenvalue weighted by atomic mass is 10.0. The molecule has 2 nitrogen and oxygen atoms in total. The summed E-state index contributed by atoms with van der Waals surface area (Å²) in [5.41, 5.74) is 0.650. The molecule has 0 atom stereocenters. The highest BCUT2D eigenvalue weighted by atomic mass is 79.9. The van der Waals surface area contributed by atoms with E-state index in [2.05, 4.69) is 15.9 Å². The Morgan fingerprint density at radius 2 is 1.67 bits per heavy atom. The van der Waals surface area contributed by atoms with Crippen molar-refractivity contribution in [3.05, 3.63) is 56.7 Å². The third-order valence-corrected chi connectivity index (χ3v) is 3.98. The quantitative estimate of drug-likeness (QED) is 0.766. The van der Waals surface area contributed by atoms with E-state index in [9.17, 15) is 9.59 Å². The van der Waals surface area contributed by atoms with Gasteiger partial charge in [0.2, 0.25) is 0 Å². The molecule has 0 N–H and O–H groups in total. The van der Waals surface area contributed by atoms with Crippen molar-refractivity contribution in [2.45, 2.75) is 12.8 Å². The number of hydrogen-bond donors (Lipinski definition) is 0. The van der Waals surface area contributed by atoms with Crippen LogP contribution in [0, 0.1) is 0 Å². The number of rotatable bonds is 5. The molecule has 1 aromatic carbocycles. The molecule has 4 heteroatoms. The van der Waals surface area contributed by atoms with Crippen LogP contribution in [0.1, 0.15) is 32.9 Å². The summed E-state index contributed by atoms with van der Waals surface area (Å²) < 4.78 is 0.939. The molecule has 0 amide bonds. The minimum absolute atomic E-state index is 0.00686. The zero-order valence-corrected chi connectivity index (χ0v) is 12.0. The van der Waals surface area contributed by atoms with Gasteiger partial charge in [-0.05, 0) is 23.6 Å². The van der Waals surface area contributed by atoms with Crippen LogP contribution in [0.2, 0.25) is 0 Å². The van der Waals surface area contributed by atoms with Crippen LogP contribution in [0.4, 0.5) is 0 Å². The number of ketones is 2. The first kappa shape index (κ1) is 13.2. The van der Waals surface area contributed by atoms with Crippen LogP contribution in [0.3, 0.4) is 0 Å². The van der Waals surface area contributed by atoms with E-state index in [1.807, 2.05) is 23.6 Å². The summed E-state index contributed by atoms with van der Waals surface area (Å²) in [6.45, 7) is 0. The highest BCUT2D eigenvalue weighted by Crippen LogP contribution is 2.15. The summed E-state index contributed by atoms with van der Waals surface area (Å²) in [6, 6.07) is 10.8. The normalized spacial score (nSPS) is 10.3. The minimum atomic E-state index is 0.00686. The van der Waals surface area contributed by atoms with Gasteiger partial charge in [-0.15, -0.1) is 11.3 Å². The third-order valence-electron chi connectivity index (χ3n) is 2.54. The van der Waals surface area contributed by atoms with Crippen LogP contribution in [0.25, 0.3) is 0 Å². The Morgan fingerprint density at radius 3 is 2.28 bits per heavy atom. The zero-order chi connectivity index (χ0) is 13.0. The van der Waals surface area contributed by atoms with Gasteiger partial charge in [0, 0.05) is 22.9 Å². The second kappa shape index (κ2) is 6.07. The third kappa shape index (κ3) is 3.37. The number of hydrogen-bond acceptors (Lipinski definition) is 3. The van der Waals surface area contributed by atoms with Crippen molar-refractivity contribution in [1.29, 1.82) is 0 Å². The van der Waals surface area contributed by atoms with E-state index in [4.69, 9.17) is 0 Å². The highest BCUT2D eigenvalue weighted by Gasteiger charge is 2.11. The van der Waals surface area contributed by atoms with E-state index >= 15 is 0 Å².